The summed E-state index contributed by atoms with van der Waals surface area (Å²) in [4.78, 5) is 15.8. The first kappa shape index (κ1) is 13.7. The fourth-order valence-corrected chi connectivity index (χ4v) is 2.88. The third kappa shape index (κ3) is 3.09. The maximum atomic E-state index is 11.4. The topological polar surface area (TPSA) is 88.0 Å². The first-order valence-electron chi connectivity index (χ1n) is 7.33. The van der Waals surface area contributed by atoms with E-state index in [-0.39, 0.29) is 12.0 Å². The Hall–Kier alpha value is -2.24. The minimum Gasteiger partial charge on any atom is -0.481 e. The van der Waals surface area contributed by atoms with Crippen LogP contribution in [-0.2, 0) is 4.79 Å². The molecule has 2 unspecified atom stereocenters. The van der Waals surface area contributed by atoms with E-state index < -0.39 is 5.97 Å². The molecule has 2 atom stereocenters. The maximum absolute atomic E-state index is 11.4. The largest absolute Gasteiger partial charge is 0.481 e. The molecular formula is C15H18N4O2. The SMILES string of the molecule is O=C(O)C1CCCCCC1Nc1nnc2ccccc2n1. The normalized spacial score (nSPS) is 22.7. The van der Waals surface area contributed by atoms with Crippen molar-refractivity contribution in [3.8, 4) is 0 Å². The Morgan fingerprint density at radius 1 is 1.10 bits per heavy atom. The number of benzene rings is 1. The van der Waals surface area contributed by atoms with Gasteiger partial charge in [0.25, 0.3) is 0 Å². The third-order valence-corrected chi connectivity index (χ3v) is 4.01. The number of carbonyl (C=O) groups is 1. The van der Waals surface area contributed by atoms with Crippen molar-refractivity contribution in [2.45, 2.75) is 38.1 Å². The zero-order valence-electron chi connectivity index (χ0n) is 11.7. The number of aromatic nitrogens is 3. The molecule has 1 fully saturated rings. The second kappa shape index (κ2) is 6.03. The van der Waals surface area contributed by atoms with Crippen LogP contribution in [0.15, 0.2) is 24.3 Å². The van der Waals surface area contributed by atoms with Gasteiger partial charge in [0.2, 0.25) is 5.95 Å². The average Bonchev–Trinajstić information content (AvgIpc) is 2.72. The van der Waals surface area contributed by atoms with Crippen molar-refractivity contribution in [1.29, 1.82) is 0 Å². The lowest BCUT2D eigenvalue weighted by molar-refractivity contribution is -0.142. The lowest BCUT2D eigenvalue weighted by Gasteiger charge is -2.22. The third-order valence-electron chi connectivity index (χ3n) is 4.01. The number of para-hydroxylation sites is 1. The van der Waals surface area contributed by atoms with E-state index in [1.54, 1.807) is 0 Å². The summed E-state index contributed by atoms with van der Waals surface area (Å²) in [6.45, 7) is 0. The van der Waals surface area contributed by atoms with Crippen LogP contribution in [0.3, 0.4) is 0 Å². The number of anilines is 1. The molecule has 6 nitrogen and oxygen atoms in total. The Balaban J connectivity index is 1.83. The Labute approximate surface area is 122 Å². The first-order chi connectivity index (χ1) is 10.2. The van der Waals surface area contributed by atoms with E-state index in [2.05, 4.69) is 20.5 Å². The zero-order chi connectivity index (χ0) is 14.7. The number of nitrogens with one attached hydrogen (secondary N) is 1. The summed E-state index contributed by atoms with van der Waals surface area (Å²) in [5.74, 6) is -0.724. The van der Waals surface area contributed by atoms with Gasteiger partial charge in [-0.3, -0.25) is 4.79 Å². The standard InChI is InChI=1S/C15H18N4O2/c20-14(21)10-6-2-1-3-7-11(10)16-15-17-12-8-4-5-9-13(12)18-19-15/h4-5,8-11H,1-3,6-7H2,(H,20,21)(H,16,17,19). The quantitative estimate of drug-likeness (QED) is 0.843. The number of aliphatic carboxylic acids is 1. The van der Waals surface area contributed by atoms with Crippen LogP contribution < -0.4 is 5.32 Å². The highest BCUT2D eigenvalue weighted by atomic mass is 16.4. The van der Waals surface area contributed by atoms with Gasteiger partial charge >= 0.3 is 5.97 Å². The lowest BCUT2D eigenvalue weighted by atomic mass is 9.95. The molecule has 1 aliphatic rings. The Kier molecular flexibility index (Phi) is 3.94. The van der Waals surface area contributed by atoms with E-state index in [1.807, 2.05) is 24.3 Å². The average molecular weight is 286 g/mol. The highest BCUT2D eigenvalue weighted by Gasteiger charge is 2.30. The summed E-state index contributed by atoms with van der Waals surface area (Å²) in [7, 11) is 0. The fourth-order valence-electron chi connectivity index (χ4n) is 2.88. The number of hydrogen-bond donors (Lipinski definition) is 2. The second-order valence-corrected chi connectivity index (χ2v) is 5.46. The minimum absolute atomic E-state index is 0.132. The van der Waals surface area contributed by atoms with Crippen LogP contribution in [0.4, 0.5) is 5.95 Å². The smallest absolute Gasteiger partial charge is 0.308 e. The van der Waals surface area contributed by atoms with Crippen LogP contribution in [0.2, 0.25) is 0 Å². The van der Waals surface area contributed by atoms with Crippen molar-refractivity contribution in [2.75, 3.05) is 5.32 Å². The molecule has 0 spiro atoms. The number of carboxylic acid groups (broad SMARTS) is 1. The number of carboxylic acids is 1. The van der Waals surface area contributed by atoms with Crippen LogP contribution >= 0.6 is 0 Å². The Morgan fingerprint density at radius 2 is 1.86 bits per heavy atom. The number of nitrogens with zero attached hydrogens (tertiary/aromatic N) is 3. The molecule has 110 valence electrons. The monoisotopic (exact) mass is 286 g/mol. The highest BCUT2D eigenvalue weighted by molar-refractivity contribution is 5.74. The molecule has 1 aliphatic carbocycles. The van der Waals surface area contributed by atoms with Gasteiger partial charge in [0.1, 0.15) is 5.52 Å². The van der Waals surface area contributed by atoms with Gasteiger partial charge in [-0.25, -0.2) is 4.98 Å². The van der Waals surface area contributed by atoms with E-state index in [0.29, 0.717) is 12.4 Å². The Bertz CT molecular complexity index is 646. The predicted molar refractivity (Wildman–Crippen MR) is 79.0 cm³/mol. The molecule has 0 amide bonds. The van der Waals surface area contributed by atoms with Gasteiger partial charge in [0, 0.05) is 6.04 Å². The zero-order valence-corrected chi connectivity index (χ0v) is 11.7. The van der Waals surface area contributed by atoms with E-state index in [1.165, 1.54) is 0 Å². The number of fused-ring (bicyclic) bond motifs is 1. The van der Waals surface area contributed by atoms with E-state index in [9.17, 15) is 9.90 Å². The van der Waals surface area contributed by atoms with Gasteiger partial charge in [-0.1, -0.05) is 31.4 Å². The van der Waals surface area contributed by atoms with Crippen molar-refractivity contribution in [2.24, 2.45) is 5.92 Å². The molecule has 1 aromatic heterocycles. The molecule has 0 radical (unpaired) electrons. The Morgan fingerprint density at radius 3 is 2.67 bits per heavy atom. The van der Waals surface area contributed by atoms with Crippen LogP contribution in [0.1, 0.15) is 32.1 Å². The van der Waals surface area contributed by atoms with Gasteiger partial charge in [-0.2, -0.15) is 0 Å². The summed E-state index contributed by atoms with van der Waals surface area (Å²) in [5.41, 5.74) is 1.49. The van der Waals surface area contributed by atoms with Crippen LogP contribution in [-0.4, -0.2) is 32.3 Å². The molecule has 1 heterocycles. The maximum Gasteiger partial charge on any atom is 0.308 e. The molecule has 1 saturated carbocycles. The summed E-state index contributed by atoms with van der Waals surface area (Å²) in [5, 5.41) is 20.7. The van der Waals surface area contributed by atoms with E-state index in [0.717, 1.165) is 36.7 Å². The van der Waals surface area contributed by atoms with E-state index in [4.69, 9.17) is 0 Å². The van der Waals surface area contributed by atoms with Gasteiger partial charge in [0.05, 0.1) is 11.4 Å². The van der Waals surface area contributed by atoms with Crippen molar-refractivity contribution in [1.82, 2.24) is 15.2 Å². The number of hydrogen-bond acceptors (Lipinski definition) is 5. The van der Waals surface area contributed by atoms with Gasteiger partial charge in [-0.15, -0.1) is 10.2 Å². The fraction of sp³-hybridized carbons (Fsp3) is 0.467. The predicted octanol–water partition coefficient (Wildman–Crippen LogP) is 2.47. The summed E-state index contributed by atoms with van der Waals surface area (Å²) in [6, 6.07) is 7.37. The highest BCUT2D eigenvalue weighted by Crippen LogP contribution is 2.26. The summed E-state index contributed by atoms with van der Waals surface area (Å²) < 4.78 is 0. The molecular weight excluding hydrogens is 268 g/mol. The van der Waals surface area contributed by atoms with E-state index >= 15 is 0 Å². The molecule has 6 heteroatoms. The van der Waals surface area contributed by atoms with Crippen molar-refractivity contribution in [3.05, 3.63) is 24.3 Å². The van der Waals surface area contributed by atoms with Gasteiger partial charge < -0.3 is 10.4 Å². The number of rotatable bonds is 3. The molecule has 0 aliphatic heterocycles. The van der Waals surface area contributed by atoms with Gasteiger partial charge in [0.15, 0.2) is 0 Å². The molecule has 0 saturated heterocycles. The minimum atomic E-state index is -0.747. The van der Waals surface area contributed by atoms with Crippen molar-refractivity contribution < 1.29 is 9.90 Å². The molecule has 0 bridgehead atoms. The van der Waals surface area contributed by atoms with Crippen LogP contribution in [0.5, 0.6) is 0 Å². The van der Waals surface area contributed by atoms with Crippen LogP contribution in [0, 0.1) is 5.92 Å². The molecule has 21 heavy (non-hydrogen) atoms. The van der Waals surface area contributed by atoms with Crippen molar-refractivity contribution >= 4 is 23.0 Å². The summed E-state index contributed by atoms with van der Waals surface area (Å²) in [6.07, 6.45) is 4.61. The lowest BCUT2D eigenvalue weighted by Crippen LogP contribution is -2.34. The molecule has 1 aromatic carbocycles. The molecule has 3 rings (SSSR count). The van der Waals surface area contributed by atoms with Crippen molar-refractivity contribution in [3.63, 3.8) is 0 Å². The van der Waals surface area contributed by atoms with Gasteiger partial charge in [-0.05, 0) is 25.0 Å². The molecule has 2 N–H and O–H groups in total. The van der Waals surface area contributed by atoms with Crippen LogP contribution in [0.25, 0.3) is 11.0 Å². The second-order valence-electron chi connectivity index (χ2n) is 5.46. The molecule has 2 aromatic rings. The first-order valence-corrected chi connectivity index (χ1v) is 7.33. The summed E-state index contributed by atoms with van der Waals surface area (Å²) >= 11 is 0.